The average Bonchev–Trinajstić information content (AvgIpc) is 3.15. The van der Waals surface area contributed by atoms with E-state index in [1.165, 1.54) is 77.0 Å². The smallest absolute Gasteiger partial charge is 0.0156 e. The summed E-state index contributed by atoms with van der Waals surface area (Å²) in [6, 6.07) is 0. The highest BCUT2D eigenvalue weighted by Crippen LogP contribution is 2.62. The third kappa shape index (κ3) is 6.50. The van der Waals surface area contributed by atoms with Gasteiger partial charge in [0.15, 0.2) is 0 Å². The Morgan fingerprint density at radius 2 is 1.50 bits per heavy atom. The third-order valence-corrected chi connectivity index (χ3v) is 8.46. The van der Waals surface area contributed by atoms with Crippen LogP contribution in [0.4, 0.5) is 0 Å². The second kappa shape index (κ2) is 12.0. The first-order valence-electron chi connectivity index (χ1n) is 13.0. The molecule has 0 nitrogen and oxygen atoms in total. The number of rotatable bonds is 14. The lowest BCUT2D eigenvalue weighted by Gasteiger charge is -2.58. The largest absolute Gasteiger partial charge is 0.0654 e. The van der Waals surface area contributed by atoms with Gasteiger partial charge >= 0.3 is 0 Å². The molecule has 1 saturated carbocycles. The number of hydrogen-bond acceptors (Lipinski definition) is 0. The highest BCUT2D eigenvalue weighted by Gasteiger charge is 2.54. The Kier molecular flexibility index (Phi) is 11.2. The molecule has 0 amide bonds. The fraction of sp³-hybridized carbons (Fsp3) is 0.964. The molecule has 167 valence electrons. The zero-order valence-corrected chi connectivity index (χ0v) is 21.3. The van der Waals surface area contributed by atoms with Gasteiger partial charge in [0, 0.05) is 0 Å². The Balaban J connectivity index is 3.41. The molecular formula is C28H55. The summed E-state index contributed by atoms with van der Waals surface area (Å²) in [6.45, 7) is 22.5. The Bertz CT molecular complexity index is 398. The van der Waals surface area contributed by atoms with Crippen molar-refractivity contribution in [2.45, 2.75) is 139 Å². The van der Waals surface area contributed by atoms with Crippen LogP contribution >= 0.6 is 0 Å². The van der Waals surface area contributed by atoms with E-state index in [1.807, 2.05) is 5.92 Å². The molecule has 0 heterocycles. The molecule has 0 N–H and O–H groups in total. The van der Waals surface area contributed by atoms with Crippen LogP contribution in [0.25, 0.3) is 0 Å². The number of hydrogen-bond donors (Lipinski definition) is 0. The molecule has 1 aliphatic rings. The lowest BCUT2D eigenvalue weighted by atomic mass is 9.47. The standard InChI is InChI=1S/C28H55/c1-10-12-13-18-26(21-23(5)6)28(20-19-22(3)4,27(8,9)11-2)24(7)25-16-14-15-17-25/h22-25H,10-21H2,1-9H3. The van der Waals surface area contributed by atoms with Gasteiger partial charge in [-0.15, -0.1) is 0 Å². The van der Waals surface area contributed by atoms with Gasteiger partial charge in [0.05, 0.1) is 0 Å². The molecule has 0 aromatic heterocycles. The first-order chi connectivity index (χ1) is 13.1. The van der Waals surface area contributed by atoms with Crippen molar-refractivity contribution >= 4 is 0 Å². The van der Waals surface area contributed by atoms with Crippen molar-refractivity contribution < 1.29 is 0 Å². The molecule has 2 unspecified atom stereocenters. The average molecular weight is 392 g/mol. The molecule has 1 aliphatic carbocycles. The second-order valence-corrected chi connectivity index (χ2v) is 11.6. The maximum Gasteiger partial charge on any atom is -0.0156 e. The molecular weight excluding hydrogens is 336 g/mol. The molecule has 1 rings (SSSR count). The zero-order valence-electron chi connectivity index (χ0n) is 21.3. The van der Waals surface area contributed by atoms with Crippen molar-refractivity contribution in [1.29, 1.82) is 0 Å². The lowest BCUT2D eigenvalue weighted by Crippen LogP contribution is -2.50. The van der Waals surface area contributed by atoms with Gasteiger partial charge in [0.2, 0.25) is 0 Å². The molecule has 0 spiro atoms. The summed E-state index contributed by atoms with van der Waals surface area (Å²) in [5.74, 6) is 5.32. The molecule has 0 aromatic rings. The summed E-state index contributed by atoms with van der Waals surface area (Å²) in [5, 5.41) is 0. The molecule has 0 saturated heterocycles. The van der Waals surface area contributed by atoms with Crippen LogP contribution in [0.15, 0.2) is 0 Å². The molecule has 1 fully saturated rings. The van der Waals surface area contributed by atoms with Crippen LogP contribution < -0.4 is 0 Å². The van der Waals surface area contributed by atoms with Crippen molar-refractivity contribution in [3.63, 3.8) is 0 Å². The first kappa shape index (κ1) is 26.0. The van der Waals surface area contributed by atoms with Crippen LogP contribution in [0.2, 0.25) is 0 Å². The fourth-order valence-corrected chi connectivity index (χ4v) is 6.44. The van der Waals surface area contributed by atoms with Crippen LogP contribution in [0.3, 0.4) is 0 Å². The summed E-state index contributed by atoms with van der Waals surface area (Å²) in [5.41, 5.74) is 0.805. The van der Waals surface area contributed by atoms with Gasteiger partial charge in [-0.05, 0) is 59.7 Å². The maximum absolute atomic E-state index is 2.67. The monoisotopic (exact) mass is 391 g/mol. The van der Waals surface area contributed by atoms with Crippen LogP contribution in [0.5, 0.6) is 0 Å². The lowest BCUT2D eigenvalue weighted by molar-refractivity contribution is -0.0288. The van der Waals surface area contributed by atoms with E-state index in [4.69, 9.17) is 0 Å². The normalized spacial score (nSPS) is 19.7. The summed E-state index contributed by atoms with van der Waals surface area (Å²) in [6.07, 6.45) is 16.9. The van der Waals surface area contributed by atoms with Crippen molar-refractivity contribution in [3.05, 3.63) is 5.92 Å². The highest BCUT2D eigenvalue weighted by atomic mass is 14.6. The zero-order chi connectivity index (χ0) is 21.4. The minimum atomic E-state index is 0.389. The van der Waals surface area contributed by atoms with Gasteiger partial charge in [-0.3, -0.25) is 0 Å². The van der Waals surface area contributed by atoms with E-state index in [-0.39, 0.29) is 0 Å². The molecule has 0 heteroatoms. The summed E-state index contributed by atoms with van der Waals surface area (Å²) >= 11 is 0. The van der Waals surface area contributed by atoms with Gasteiger partial charge in [0.25, 0.3) is 0 Å². The van der Waals surface area contributed by atoms with E-state index >= 15 is 0 Å². The quantitative estimate of drug-likeness (QED) is 0.258. The Labute approximate surface area is 180 Å². The molecule has 1 radical (unpaired) electrons. The second-order valence-electron chi connectivity index (χ2n) is 11.6. The highest BCUT2D eigenvalue weighted by molar-refractivity contribution is 5.16. The van der Waals surface area contributed by atoms with Gasteiger partial charge in [0.1, 0.15) is 0 Å². The van der Waals surface area contributed by atoms with Crippen molar-refractivity contribution in [2.24, 2.45) is 34.5 Å². The predicted octanol–water partition coefficient (Wildman–Crippen LogP) is 9.87. The van der Waals surface area contributed by atoms with Crippen LogP contribution in [0, 0.1) is 40.4 Å². The van der Waals surface area contributed by atoms with E-state index in [2.05, 4.69) is 62.3 Å². The minimum Gasteiger partial charge on any atom is -0.0654 e. The summed E-state index contributed by atoms with van der Waals surface area (Å²) in [7, 11) is 0. The van der Waals surface area contributed by atoms with Crippen LogP contribution in [-0.2, 0) is 0 Å². The van der Waals surface area contributed by atoms with E-state index in [0.717, 1.165) is 23.7 Å². The van der Waals surface area contributed by atoms with Crippen molar-refractivity contribution in [3.8, 4) is 0 Å². The van der Waals surface area contributed by atoms with Gasteiger partial charge in [-0.1, -0.05) is 120 Å². The van der Waals surface area contributed by atoms with Gasteiger partial charge in [-0.25, -0.2) is 0 Å². The molecule has 2 atom stereocenters. The van der Waals surface area contributed by atoms with Gasteiger partial charge < -0.3 is 0 Å². The van der Waals surface area contributed by atoms with Crippen molar-refractivity contribution in [2.75, 3.05) is 0 Å². The van der Waals surface area contributed by atoms with E-state index < -0.39 is 0 Å². The molecule has 28 heavy (non-hydrogen) atoms. The Morgan fingerprint density at radius 3 is 1.96 bits per heavy atom. The first-order valence-corrected chi connectivity index (χ1v) is 13.0. The Hall–Kier alpha value is 0. The van der Waals surface area contributed by atoms with Crippen molar-refractivity contribution in [1.82, 2.24) is 0 Å². The summed E-state index contributed by atoms with van der Waals surface area (Å²) in [4.78, 5) is 0. The molecule has 0 bridgehead atoms. The molecule has 0 aromatic carbocycles. The van der Waals surface area contributed by atoms with E-state index in [0.29, 0.717) is 10.8 Å². The van der Waals surface area contributed by atoms with Gasteiger partial charge in [-0.2, -0.15) is 0 Å². The topological polar surface area (TPSA) is 0 Å². The van der Waals surface area contributed by atoms with Crippen LogP contribution in [0.1, 0.15) is 139 Å². The minimum absolute atomic E-state index is 0.389. The maximum atomic E-state index is 2.67. The summed E-state index contributed by atoms with van der Waals surface area (Å²) < 4.78 is 0. The SMILES string of the molecule is CCCCC[C](CC(C)C)C(CCC(C)C)(C(C)C1CCCC1)C(C)(C)CC. The third-order valence-electron chi connectivity index (χ3n) is 8.46. The van der Waals surface area contributed by atoms with Crippen LogP contribution in [-0.4, -0.2) is 0 Å². The van der Waals surface area contributed by atoms with E-state index in [1.54, 1.807) is 0 Å². The predicted molar refractivity (Wildman–Crippen MR) is 129 cm³/mol. The number of unbranched alkanes of at least 4 members (excludes halogenated alkanes) is 2. The molecule has 0 aliphatic heterocycles. The Morgan fingerprint density at radius 1 is 0.893 bits per heavy atom. The van der Waals surface area contributed by atoms with E-state index in [9.17, 15) is 0 Å². The fourth-order valence-electron chi connectivity index (χ4n) is 6.44.